The number of nitrogens with one attached hydrogen (secondary N) is 1. The van der Waals surface area contributed by atoms with Crippen molar-refractivity contribution in [1.82, 2.24) is 10.3 Å². The van der Waals surface area contributed by atoms with Gasteiger partial charge in [0.15, 0.2) is 0 Å². The molecule has 1 rings (SSSR count). The molecule has 0 bridgehead atoms. The van der Waals surface area contributed by atoms with Gasteiger partial charge in [-0.05, 0) is 50.7 Å². The van der Waals surface area contributed by atoms with Crippen LogP contribution in [-0.2, 0) is 0 Å². The van der Waals surface area contributed by atoms with Crippen molar-refractivity contribution < 1.29 is 0 Å². The van der Waals surface area contributed by atoms with E-state index >= 15 is 0 Å². The Labute approximate surface area is 107 Å². The summed E-state index contributed by atoms with van der Waals surface area (Å²) in [5.41, 5.74) is 3.06. The van der Waals surface area contributed by atoms with Crippen LogP contribution in [0.15, 0.2) is 0 Å². The fraction of sp³-hybridized carbons (Fsp3) is 1.00. The highest BCUT2D eigenvalue weighted by Gasteiger charge is 2.25. The standard InChI is InChI=1S/C14H31N3/c1-4-17(5-2)11-10-14(16-15)13-8-6-12(3)7-9-13/h12-14,16H,4-11,15H2,1-3H3. The van der Waals surface area contributed by atoms with E-state index in [0.717, 1.165) is 24.9 Å². The van der Waals surface area contributed by atoms with Gasteiger partial charge in [0.05, 0.1) is 0 Å². The highest BCUT2D eigenvalue weighted by molar-refractivity contribution is 4.80. The molecule has 3 heteroatoms. The lowest BCUT2D eigenvalue weighted by Gasteiger charge is -2.33. The molecule has 0 aromatic heterocycles. The SMILES string of the molecule is CCN(CC)CCC(NN)C1CCC(C)CC1. The van der Waals surface area contributed by atoms with E-state index in [1.807, 2.05) is 0 Å². The quantitative estimate of drug-likeness (QED) is 0.531. The van der Waals surface area contributed by atoms with Crippen LogP contribution in [0.5, 0.6) is 0 Å². The van der Waals surface area contributed by atoms with E-state index in [1.54, 1.807) is 0 Å². The Morgan fingerprint density at radius 2 is 1.76 bits per heavy atom. The van der Waals surface area contributed by atoms with E-state index < -0.39 is 0 Å². The number of nitrogens with two attached hydrogens (primary N) is 1. The monoisotopic (exact) mass is 241 g/mol. The van der Waals surface area contributed by atoms with Gasteiger partial charge in [0.1, 0.15) is 0 Å². The van der Waals surface area contributed by atoms with Crippen LogP contribution in [0, 0.1) is 11.8 Å². The molecular weight excluding hydrogens is 210 g/mol. The highest BCUT2D eigenvalue weighted by atomic mass is 15.2. The molecule has 1 unspecified atom stereocenters. The summed E-state index contributed by atoms with van der Waals surface area (Å²) in [5, 5.41) is 0. The van der Waals surface area contributed by atoms with Crippen molar-refractivity contribution >= 4 is 0 Å². The average Bonchev–Trinajstić information content (AvgIpc) is 2.36. The lowest BCUT2D eigenvalue weighted by atomic mass is 9.78. The fourth-order valence-electron chi connectivity index (χ4n) is 3.00. The first kappa shape index (κ1) is 14.9. The Morgan fingerprint density at radius 1 is 1.18 bits per heavy atom. The predicted molar refractivity (Wildman–Crippen MR) is 74.6 cm³/mol. The van der Waals surface area contributed by atoms with Crippen molar-refractivity contribution in [3.05, 3.63) is 0 Å². The summed E-state index contributed by atoms with van der Waals surface area (Å²) in [6.45, 7) is 10.3. The minimum Gasteiger partial charge on any atom is -0.304 e. The molecule has 1 saturated carbocycles. The van der Waals surface area contributed by atoms with Gasteiger partial charge in [-0.2, -0.15) is 0 Å². The normalized spacial score (nSPS) is 27.4. The third kappa shape index (κ3) is 4.94. The maximum atomic E-state index is 5.74. The molecule has 17 heavy (non-hydrogen) atoms. The molecule has 0 saturated heterocycles. The van der Waals surface area contributed by atoms with Gasteiger partial charge in [-0.3, -0.25) is 11.3 Å². The smallest absolute Gasteiger partial charge is 0.0250 e. The van der Waals surface area contributed by atoms with Gasteiger partial charge in [0, 0.05) is 6.04 Å². The number of hydrogen-bond donors (Lipinski definition) is 2. The predicted octanol–water partition coefficient (Wildman–Crippen LogP) is 2.38. The second-order valence-electron chi connectivity index (χ2n) is 5.61. The van der Waals surface area contributed by atoms with Gasteiger partial charge in [0.25, 0.3) is 0 Å². The number of nitrogens with zero attached hydrogens (tertiary/aromatic N) is 1. The van der Waals surface area contributed by atoms with Crippen molar-refractivity contribution in [2.24, 2.45) is 17.7 Å². The van der Waals surface area contributed by atoms with Crippen LogP contribution in [0.2, 0.25) is 0 Å². The molecule has 102 valence electrons. The largest absolute Gasteiger partial charge is 0.304 e. The first-order chi connectivity index (χ1) is 8.21. The number of rotatable bonds is 7. The van der Waals surface area contributed by atoms with Gasteiger partial charge >= 0.3 is 0 Å². The van der Waals surface area contributed by atoms with E-state index in [4.69, 9.17) is 5.84 Å². The molecule has 3 nitrogen and oxygen atoms in total. The Hall–Kier alpha value is -0.120. The van der Waals surface area contributed by atoms with Crippen LogP contribution in [-0.4, -0.2) is 30.6 Å². The minimum absolute atomic E-state index is 0.517. The number of hydrogen-bond acceptors (Lipinski definition) is 3. The maximum Gasteiger partial charge on any atom is 0.0250 e. The zero-order valence-electron chi connectivity index (χ0n) is 11.9. The van der Waals surface area contributed by atoms with Crippen LogP contribution in [0.3, 0.4) is 0 Å². The zero-order chi connectivity index (χ0) is 12.7. The van der Waals surface area contributed by atoms with Crippen molar-refractivity contribution in [2.75, 3.05) is 19.6 Å². The molecule has 0 radical (unpaired) electrons. The average molecular weight is 241 g/mol. The number of hydrazine groups is 1. The molecule has 1 fully saturated rings. The molecule has 1 atom stereocenters. The molecule has 0 amide bonds. The molecule has 1 aliphatic rings. The van der Waals surface area contributed by atoms with Gasteiger partial charge in [-0.15, -0.1) is 0 Å². The summed E-state index contributed by atoms with van der Waals surface area (Å²) in [4.78, 5) is 2.48. The van der Waals surface area contributed by atoms with Crippen molar-refractivity contribution in [3.8, 4) is 0 Å². The highest BCUT2D eigenvalue weighted by Crippen LogP contribution is 2.31. The summed E-state index contributed by atoms with van der Waals surface area (Å²) < 4.78 is 0. The summed E-state index contributed by atoms with van der Waals surface area (Å²) in [5.74, 6) is 7.46. The Morgan fingerprint density at radius 3 is 2.24 bits per heavy atom. The molecule has 1 aliphatic carbocycles. The Bertz CT molecular complexity index is 184. The lowest BCUT2D eigenvalue weighted by Crippen LogP contribution is -2.44. The van der Waals surface area contributed by atoms with E-state index in [1.165, 1.54) is 38.6 Å². The molecule has 3 N–H and O–H groups in total. The lowest BCUT2D eigenvalue weighted by molar-refractivity contribution is 0.200. The molecule has 0 aromatic rings. The van der Waals surface area contributed by atoms with Gasteiger partial charge in [0.2, 0.25) is 0 Å². The summed E-state index contributed by atoms with van der Waals surface area (Å²) in [6, 6.07) is 0.517. The third-order valence-electron chi connectivity index (χ3n) is 4.49. The maximum absolute atomic E-state index is 5.74. The van der Waals surface area contributed by atoms with E-state index in [2.05, 4.69) is 31.1 Å². The van der Waals surface area contributed by atoms with Crippen LogP contribution in [0.1, 0.15) is 52.9 Å². The second-order valence-corrected chi connectivity index (χ2v) is 5.61. The van der Waals surface area contributed by atoms with E-state index in [0.29, 0.717) is 6.04 Å². The van der Waals surface area contributed by atoms with Crippen molar-refractivity contribution in [1.29, 1.82) is 0 Å². The first-order valence-corrected chi connectivity index (χ1v) is 7.39. The second kappa shape index (κ2) is 8.06. The summed E-state index contributed by atoms with van der Waals surface area (Å²) in [6.07, 6.45) is 6.67. The fourth-order valence-corrected chi connectivity index (χ4v) is 3.00. The van der Waals surface area contributed by atoms with Gasteiger partial charge in [-0.25, -0.2) is 0 Å². The first-order valence-electron chi connectivity index (χ1n) is 7.39. The van der Waals surface area contributed by atoms with Crippen LogP contribution < -0.4 is 11.3 Å². The molecule has 0 spiro atoms. The molecular formula is C14H31N3. The third-order valence-corrected chi connectivity index (χ3v) is 4.49. The van der Waals surface area contributed by atoms with E-state index in [-0.39, 0.29) is 0 Å². The summed E-state index contributed by atoms with van der Waals surface area (Å²) in [7, 11) is 0. The Balaban J connectivity index is 2.32. The topological polar surface area (TPSA) is 41.3 Å². The van der Waals surface area contributed by atoms with Gasteiger partial charge < -0.3 is 4.90 Å². The molecule has 0 aromatic carbocycles. The van der Waals surface area contributed by atoms with E-state index in [9.17, 15) is 0 Å². The molecule has 0 heterocycles. The van der Waals surface area contributed by atoms with Crippen LogP contribution in [0.25, 0.3) is 0 Å². The Kier molecular flexibility index (Phi) is 7.09. The van der Waals surface area contributed by atoms with Crippen molar-refractivity contribution in [2.45, 2.75) is 58.9 Å². The molecule has 0 aliphatic heterocycles. The minimum atomic E-state index is 0.517. The van der Waals surface area contributed by atoms with Crippen molar-refractivity contribution in [3.63, 3.8) is 0 Å². The van der Waals surface area contributed by atoms with Crippen LogP contribution >= 0.6 is 0 Å². The van der Waals surface area contributed by atoms with Gasteiger partial charge in [-0.1, -0.05) is 33.6 Å². The van der Waals surface area contributed by atoms with Crippen LogP contribution in [0.4, 0.5) is 0 Å². The zero-order valence-corrected chi connectivity index (χ0v) is 11.9. The summed E-state index contributed by atoms with van der Waals surface area (Å²) >= 11 is 0.